The number of sulfone groups is 1. The van der Waals surface area contributed by atoms with E-state index in [1.165, 1.54) is 12.1 Å². The third-order valence-corrected chi connectivity index (χ3v) is 5.21. The van der Waals surface area contributed by atoms with Gasteiger partial charge in [0.2, 0.25) is 0 Å². The molecule has 1 heterocycles. The van der Waals surface area contributed by atoms with E-state index in [1.54, 1.807) is 13.0 Å². The molecule has 0 radical (unpaired) electrons. The molecule has 2 rings (SSSR count). The first-order valence-corrected chi connectivity index (χ1v) is 8.07. The first-order valence-electron chi connectivity index (χ1n) is 6.25. The van der Waals surface area contributed by atoms with Crippen LogP contribution in [0.2, 0.25) is 0 Å². The van der Waals surface area contributed by atoms with Crippen LogP contribution >= 0.6 is 0 Å². The van der Waals surface area contributed by atoms with E-state index in [4.69, 9.17) is 0 Å². The van der Waals surface area contributed by atoms with Crippen molar-refractivity contribution in [1.82, 2.24) is 0 Å². The van der Waals surface area contributed by atoms with Gasteiger partial charge in [-0.2, -0.15) is 0 Å². The van der Waals surface area contributed by atoms with E-state index in [9.17, 15) is 17.9 Å². The first kappa shape index (κ1) is 14.3. The summed E-state index contributed by atoms with van der Waals surface area (Å²) in [6.45, 7) is 3.77. The van der Waals surface area contributed by atoms with Gasteiger partial charge in [-0.3, -0.25) is 0 Å². The number of nitrogens with zero attached hydrogens (tertiary/aromatic N) is 1. The standard InChI is InChI=1S/C13H18FNO3S/c1-9-8-19(17,18)6-5-15(9)13-4-3-11(14)7-12(13)10(2)16/h3-4,7,9-10,16H,5-6,8H2,1-2H3/t9?,10-/m0/s1. The molecule has 1 aliphatic rings. The lowest BCUT2D eigenvalue weighted by atomic mass is 10.1. The van der Waals surface area contributed by atoms with Crippen LogP contribution < -0.4 is 4.90 Å². The van der Waals surface area contributed by atoms with Crippen LogP contribution in [0.4, 0.5) is 10.1 Å². The zero-order chi connectivity index (χ0) is 14.2. The van der Waals surface area contributed by atoms with Crippen molar-refractivity contribution < 1.29 is 17.9 Å². The molecule has 0 bridgehead atoms. The van der Waals surface area contributed by atoms with E-state index in [0.29, 0.717) is 17.8 Å². The predicted molar refractivity (Wildman–Crippen MR) is 72.5 cm³/mol. The minimum absolute atomic E-state index is 0.0869. The molecular formula is C13H18FNO3S. The van der Waals surface area contributed by atoms with E-state index in [0.717, 1.165) is 0 Å². The van der Waals surface area contributed by atoms with Crippen molar-refractivity contribution >= 4 is 15.5 Å². The van der Waals surface area contributed by atoms with E-state index in [2.05, 4.69) is 0 Å². The Kier molecular flexibility index (Phi) is 3.82. The minimum Gasteiger partial charge on any atom is -0.389 e. The van der Waals surface area contributed by atoms with Crippen LogP contribution in [-0.4, -0.2) is 37.6 Å². The number of hydrogen-bond acceptors (Lipinski definition) is 4. The number of hydrogen-bond donors (Lipinski definition) is 1. The van der Waals surface area contributed by atoms with Gasteiger partial charge in [-0.15, -0.1) is 0 Å². The molecule has 1 saturated heterocycles. The Labute approximate surface area is 112 Å². The van der Waals surface area contributed by atoms with Crippen LogP contribution in [0.25, 0.3) is 0 Å². The molecule has 1 unspecified atom stereocenters. The molecular weight excluding hydrogens is 269 g/mol. The Morgan fingerprint density at radius 3 is 2.74 bits per heavy atom. The zero-order valence-electron chi connectivity index (χ0n) is 11.0. The molecule has 0 aliphatic carbocycles. The number of rotatable bonds is 2. The molecule has 4 nitrogen and oxygen atoms in total. The van der Waals surface area contributed by atoms with E-state index < -0.39 is 21.8 Å². The highest BCUT2D eigenvalue weighted by Crippen LogP contribution is 2.30. The molecule has 1 aromatic rings. The monoisotopic (exact) mass is 287 g/mol. The molecule has 1 fully saturated rings. The van der Waals surface area contributed by atoms with E-state index in [-0.39, 0.29) is 17.5 Å². The van der Waals surface area contributed by atoms with E-state index >= 15 is 0 Å². The van der Waals surface area contributed by atoms with Gasteiger partial charge in [0.25, 0.3) is 0 Å². The smallest absolute Gasteiger partial charge is 0.154 e. The summed E-state index contributed by atoms with van der Waals surface area (Å²) in [4.78, 5) is 1.92. The van der Waals surface area contributed by atoms with Gasteiger partial charge < -0.3 is 10.0 Å². The number of anilines is 1. The van der Waals surface area contributed by atoms with Gasteiger partial charge in [0, 0.05) is 23.8 Å². The van der Waals surface area contributed by atoms with Crippen molar-refractivity contribution in [2.45, 2.75) is 26.0 Å². The third-order valence-electron chi connectivity index (χ3n) is 3.42. The summed E-state index contributed by atoms with van der Waals surface area (Å²) in [6, 6.07) is 4.06. The fourth-order valence-electron chi connectivity index (χ4n) is 2.48. The Morgan fingerprint density at radius 1 is 1.47 bits per heavy atom. The molecule has 0 spiro atoms. The molecule has 1 aromatic carbocycles. The first-order chi connectivity index (χ1) is 8.80. The second-order valence-corrected chi connectivity index (χ2v) is 7.26. The third kappa shape index (κ3) is 3.06. The molecule has 106 valence electrons. The SMILES string of the molecule is CC1CS(=O)(=O)CCN1c1ccc(F)cc1[C@H](C)O. The number of aliphatic hydroxyl groups is 1. The number of benzene rings is 1. The molecule has 0 amide bonds. The quantitative estimate of drug-likeness (QED) is 0.895. The summed E-state index contributed by atoms with van der Waals surface area (Å²) in [5, 5.41) is 9.74. The van der Waals surface area contributed by atoms with Crippen molar-refractivity contribution in [2.75, 3.05) is 23.0 Å². The highest BCUT2D eigenvalue weighted by atomic mass is 32.2. The normalized spacial score (nSPS) is 24.2. The van der Waals surface area contributed by atoms with Crippen LogP contribution in [0.3, 0.4) is 0 Å². The summed E-state index contributed by atoms with van der Waals surface area (Å²) < 4.78 is 36.4. The highest BCUT2D eigenvalue weighted by Gasteiger charge is 2.29. The van der Waals surface area contributed by atoms with Crippen molar-refractivity contribution in [3.05, 3.63) is 29.6 Å². The largest absolute Gasteiger partial charge is 0.389 e. The Hall–Kier alpha value is -1.14. The van der Waals surface area contributed by atoms with Gasteiger partial charge in [-0.1, -0.05) is 0 Å². The van der Waals surface area contributed by atoms with Crippen LogP contribution in [-0.2, 0) is 9.84 Å². The maximum Gasteiger partial charge on any atom is 0.154 e. The zero-order valence-corrected chi connectivity index (χ0v) is 11.8. The highest BCUT2D eigenvalue weighted by molar-refractivity contribution is 7.91. The van der Waals surface area contributed by atoms with Gasteiger partial charge in [0.1, 0.15) is 5.82 Å². The summed E-state index contributed by atoms with van der Waals surface area (Å²) >= 11 is 0. The average Bonchev–Trinajstić information content (AvgIpc) is 2.28. The van der Waals surface area contributed by atoms with Crippen molar-refractivity contribution in [1.29, 1.82) is 0 Å². The van der Waals surface area contributed by atoms with Crippen molar-refractivity contribution in [3.8, 4) is 0 Å². The minimum atomic E-state index is -2.99. The summed E-state index contributed by atoms with van der Waals surface area (Å²) in [5.41, 5.74) is 1.20. The predicted octanol–water partition coefficient (Wildman–Crippen LogP) is 1.50. The number of halogens is 1. The topological polar surface area (TPSA) is 57.6 Å². The van der Waals surface area contributed by atoms with Gasteiger partial charge in [0.15, 0.2) is 9.84 Å². The van der Waals surface area contributed by atoms with Crippen LogP contribution in [0.1, 0.15) is 25.5 Å². The molecule has 1 aliphatic heterocycles. The second kappa shape index (κ2) is 5.09. The van der Waals surface area contributed by atoms with Gasteiger partial charge in [-0.05, 0) is 32.0 Å². The van der Waals surface area contributed by atoms with Crippen LogP contribution in [0.5, 0.6) is 0 Å². The maximum atomic E-state index is 13.3. The Balaban J connectivity index is 2.37. The maximum absolute atomic E-state index is 13.3. The molecule has 1 N–H and O–H groups in total. The lowest BCUT2D eigenvalue weighted by Crippen LogP contribution is -2.47. The number of aliphatic hydroxyl groups excluding tert-OH is 1. The Bertz CT molecular complexity index is 571. The molecule has 6 heteroatoms. The lowest BCUT2D eigenvalue weighted by Gasteiger charge is -2.36. The van der Waals surface area contributed by atoms with Gasteiger partial charge >= 0.3 is 0 Å². The molecule has 0 saturated carbocycles. The lowest BCUT2D eigenvalue weighted by molar-refractivity contribution is 0.199. The molecule has 2 atom stereocenters. The fraction of sp³-hybridized carbons (Fsp3) is 0.538. The summed E-state index contributed by atoms with van der Waals surface area (Å²) in [6.07, 6.45) is -0.795. The van der Waals surface area contributed by atoms with Gasteiger partial charge in [-0.25, -0.2) is 12.8 Å². The van der Waals surface area contributed by atoms with Crippen molar-refractivity contribution in [3.63, 3.8) is 0 Å². The van der Waals surface area contributed by atoms with Crippen LogP contribution in [0.15, 0.2) is 18.2 Å². The van der Waals surface area contributed by atoms with Gasteiger partial charge in [0.05, 0.1) is 17.6 Å². The average molecular weight is 287 g/mol. The van der Waals surface area contributed by atoms with Crippen LogP contribution in [0, 0.1) is 5.82 Å². The molecule has 19 heavy (non-hydrogen) atoms. The van der Waals surface area contributed by atoms with Crippen molar-refractivity contribution in [2.24, 2.45) is 0 Å². The Morgan fingerprint density at radius 2 is 2.16 bits per heavy atom. The molecule has 0 aromatic heterocycles. The summed E-state index contributed by atoms with van der Waals surface area (Å²) in [5.74, 6) is -0.227. The van der Waals surface area contributed by atoms with E-state index in [1.807, 2.05) is 11.8 Å². The fourth-order valence-corrected chi connectivity index (χ4v) is 4.03. The summed E-state index contributed by atoms with van der Waals surface area (Å²) in [7, 11) is -2.99. The second-order valence-electron chi connectivity index (χ2n) is 5.04.